The van der Waals surface area contributed by atoms with Gasteiger partial charge in [0.25, 0.3) is 5.19 Å². The zero-order chi connectivity index (χ0) is 14.6. The summed E-state index contributed by atoms with van der Waals surface area (Å²) in [5, 5.41) is 12.3. The lowest BCUT2D eigenvalue weighted by Gasteiger charge is -2.03. The maximum atomic E-state index is 11.5. The minimum absolute atomic E-state index is 0.215. The first-order valence-corrected chi connectivity index (χ1v) is 8.71. The Labute approximate surface area is 121 Å². The fourth-order valence-corrected chi connectivity index (χ4v) is 2.78. The standard InChI is InChI=1S/C12H15N3O3S2/c1-3-13-8-11-14-15-12(19-11)18-9-5-4-6-10(7-9)20(2,16)17/h4-7,13H,3,8H2,1-2H3. The number of aromatic nitrogens is 2. The first-order chi connectivity index (χ1) is 9.49. The van der Waals surface area contributed by atoms with Crippen LogP contribution in [0.5, 0.6) is 10.9 Å². The Kier molecular flexibility index (Phi) is 4.69. The number of benzene rings is 1. The fourth-order valence-electron chi connectivity index (χ4n) is 1.45. The van der Waals surface area contributed by atoms with Crippen molar-refractivity contribution in [2.45, 2.75) is 18.4 Å². The maximum Gasteiger partial charge on any atom is 0.299 e. The van der Waals surface area contributed by atoms with Crippen LogP contribution in [0, 0.1) is 0 Å². The molecular formula is C12H15N3O3S2. The highest BCUT2D eigenvalue weighted by atomic mass is 32.2. The summed E-state index contributed by atoms with van der Waals surface area (Å²) in [6, 6.07) is 6.31. The van der Waals surface area contributed by atoms with Gasteiger partial charge >= 0.3 is 0 Å². The van der Waals surface area contributed by atoms with Crippen LogP contribution in [0.3, 0.4) is 0 Å². The molecule has 0 radical (unpaired) electrons. The second-order valence-corrected chi connectivity index (χ2v) is 7.13. The molecule has 2 rings (SSSR count). The molecule has 0 aliphatic heterocycles. The summed E-state index contributed by atoms with van der Waals surface area (Å²) in [4.78, 5) is 0.215. The molecule has 0 spiro atoms. The van der Waals surface area contributed by atoms with Crippen molar-refractivity contribution in [2.24, 2.45) is 0 Å². The van der Waals surface area contributed by atoms with Gasteiger partial charge in [-0.1, -0.05) is 29.4 Å². The Balaban J connectivity index is 2.12. The molecule has 20 heavy (non-hydrogen) atoms. The molecular weight excluding hydrogens is 298 g/mol. The SMILES string of the molecule is CCNCc1nnc(Oc2cccc(S(C)(=O)=O)c2)s1. The fraction of sp³-hybridized carbons (Fsp3) is 0.333. The summed E-state index contributed by atoms with van der Waals surface area (Å²) in [5.74, 6) is 0.430. The van der Waals surface area contributed by atoms with Crippen molar-refractivity contribution >= 4 is 21.2 Å². The minimum atomic E-state index is -3.25. The first-order valence-electron chi connectivity index (χ1n) is 6.00. The van der Waals surface area contributed by atoms with Crippen LogP contribution < -0.4 is 10.1 Å². The highest BCUT2D eigenvalue weighted by Gasteiger charge is 2.10. The van der Waals surface area contributed by atoms with Crippen molar-refractivity contribution in [3.05, 3.63) is 29.3 Å². The molecule has 108 valence electrons. The maximum absolute atomic E-state index is 11.5. The summed E-state index contributed by atoms with van der Waals surface area (Å²) < 4.78 is 28.5. The molecule has 1 aromatic heterocycles. The van der Waals surface area contributed by atoms with Crippen molar-refractivity contribution < 1.29 is 13.2 Å². The van der Waals surface area contributed by atoms with Crippen LogP contribution in [0.25, 0.3) is 0 Å². The van der Waals surface area contributed by atoms with E-state index < -0.39 is 9.84 Å². The van der Waals surface area contributed by atoms with Gasteiger partial charge in [-0.25, -0.2) is 8.42 Å². The van der Waals surface area contributed by atoms with Gasteiger partial charge in [-0.3, -0.25) is 0 Å². The Hall–Kier alpha value is -1.51. The predicted octanol–water partition coefficient (Wildman–Crippen LogP) is 1.84. The van der Waals surface area contributed by atoms with Gasteiger partial charge in [-0.15, -0.1) is 5.10 Å². The van der Waals surface area contributed by atoms with Crippen LogP contribution in [-0.4, -0.2) is 31.4 Å². The van der Waals surface area contributed by atoms with Crippen molar-refractivity contribution in [3.63, 3.8) is 0 Å². The number of hydrogen-bond acceptors (Lipinski definition) is 7. The second kappa shape index (κ2) is 6.29. The molecule has 1 N–H and O–H groups in total. The van der Waals surface area contributed by atoms with Crippen molar-refractivity contribution in [3.8, 4) is 10.9 Å². The summed E-state index contributed by atoms with van der Waals surface area (Å²) in [6.45, 7) is 3.50. The Morgan fingerprint density at radius 3 is 2.85 bits per heavy atom. The molecule has 0 aliphatic carbocycles. The van der Waals surface area contributed by atoms with Crippen LogP contribution >= 0.6 is 11.3 Å². The van der Waals surface area contributed by atoms with Crippen LogP contribution in [0.2, 0.25) is 0 Å². The molecule has 0 aliphatic rings. The van der Waals surface area contributed by atoms with Crippen LogP contribution in [-0.2, 0) is 16.4 Å². The number of sulfone groups is 1. The third-order valence-electron chi connectivity index (χ3n) is 2.41. The molecule has 0 saturated heterocycles. The van der Waals surface area contributed by atoms with Gasteiger partial charge in [-0.05, 0) is 24.7 Å². The Morgan fingerprint density at radius 2 is 2.15 bits per heavy atom. The first kappa shape index (κ1) is 14.9. The molecule has 0 unspecified atom stereocenters. The zero-order valence-electron chi connectivity index (χ0n) is 11.2. The highest BCUT2D eigenvalue weighted by Crippen LogP contribution is 2.26. The molecule has 0 fully saturated rings. The van der Waals surface area contributed by atoms with E-state index in [4.69, 9.17) is 4.74 Å². The largest absolute Gasteiger partial charge is 0.430 e. The van der Waals surface area contributed by atoms with Gasteiger partial charge < -0.3 is 10.1 Å². The number of nitrogens with zero attached hydrogens (tertiary/aromatic N) is 2. The van der Waals surface area contributed by atoms with Crippen LogP contribution in [0.15, 0.2) is 29.2 Å². The molecule has 6 nitrogen and oxygen atoms in total. The molecule has 0 saturated carbocycles. The lowest BCUT2D eigenvalue weighted by molar-refractivity contribution is 0.471. The van der Waals surface area contributed by atoms with E-state index in [1.165, 1.54) is 23.5 Å². The molecule has 1 heterocycles. The van der Waals surface area contributed by atoms with Crippen molar-refractivity contribution in [2.75, 3.05) is 12.8 Å². The predicted molar refractivity (Wildman–Crippen MR) is 76.9 cm³/mol. The van der Waals surface area contributed by atoms with E-state index in [9.17, 15) is 8.42 Å². The number of rotatable bonds is 6. The van der Waals surface area contributed by atoms with E-state index in [0.717, 1.165) is 17.8 Å². The third kappa shape index (κ3) is 3.99. The van der Waals surface area contributed by atoms with Gasteiger partial charge in [-0.2, -0.15) is 0 Å². The van der Waals surface area contributed by atoms with E-state index in [0.29, 0.717) is 17.5 Å². The minimum Gasteiger partial charge on any atom is -0.430 e. The van der Waals surface area contributed by atoms with Gasteiger partial charge in [0.15, 0.2) is 9.84 Å². The molecule has 1 aromatic carbocycles. The Morgan fingerprint density at radius 1 is 1.35 bits per heavy atom. The summed E-state index contributed by atoms with van der Waals surface area (Å²) in [5.41, 5.74) is 0. The average molecular weight is 313 g/mol. The smallest absolute Gasteiger partial charge is 0.299 e. The second-order valence-electron chi connectivity index (χ2n) is 4.09. The average Bonchev–Trinajstić information content (AvgIpc) is 2.83. The lowest BCUT2D eigenvalue weighted by Crippen LogP contribution is -2.11. The molecule has 8 heteroatoms. The summed E-state index contributed by atoms with van der Waals surface area (Å²) >= 11 is 1.32. The zero-order valence-corrected chi connectivity index (χ0v) is 12.8. The molecule has 0 amide bonds. The van der Waals surface area contributed by atoms with Gasteiger partial charge in [0, 0.05) is 12.8 Å². The van der Waals surface area contributed by atoms with Crippen molar-refractivity contribution in [1.82, 2.24) is 15.5 Å². The number of nitrogens with one attached hydrogen (secondary N) is 1. The van der Waals surface area contributed by atoms with Crippen molar-refractivity contribution in [1.29, 1.82) is 0 Å². The van der Waals surface area contributed by atoms with E-state index in [1.54, 1.807) is 12.1 Å². The lowest BCUT2D eigenvalue weighted by atomic mass is 10.3. The van der Waals surface area contributed by atoms with Crippen LogP contribution in [0.1, 0.15) is 11.9 Å². The quantitative estimate of drug-likeness (QED) is 0.876. The van der Waals surface area contributed by atoms with E-state index in [2.05, 4.69) is 15.5 Å². The molecule has 0 bridgehead atoms. The Bertz CT molecular complexity index is 683. The van der Waals surface area contributed by atoms with Gasteiger partial charge in [0.05, 0.1) is 4.90 Å². The van der Waals surface area contributed by atoms with E-state index in [1.807, 2.05) is 6.92 Å². The normalized spacial score (nSPS) is 11.5. The summed E-state index contributed by atoms with van der Waals surface area (Å²) in [7, 11) is -3.25. The van der Waals surface area contributed by atoms with E-state index in [-0.39, 0.29) is 4.90 Å². The van der Waals surface area contributed by atoms with Gasteiger partial charge in [0.2, 0.25) is 0 Å². The van der Waals surface area contributed by atoms with Crippen LogP contribution in [0.4, 0.5) is 0 Å². The topological polar surface area (TPSA) is 81.2 Å². The number of ether oxygens (including phenoxy) is 1. The van der Waals surface area contributed by atoms with E-state index >= 15 is 0 Å². The van der Waals surface area contributed by atoms with Gasteiger partial charge in [0.1, 0.15) is 10.8 Å². The molecule has 2 aromatic rings. The highest BCUT2D eigenvalue weighted by molar-refractivity contribution is 7.90. The molecule has 0 atom stereocenters. The third-order valence-corrected chi connectivity index (χ3v) is 4.32. The number of hydrogen-bond donors (Lipinski definition) is 1. The monoisotopic (exact) mass is 313 g/mol. The summed E-state index contributed by atoms with van der Waals surface area (Å²) in [6.07, 6.45) is 1.16.